The largest absolute Gasteiger partial charge is 0.433 e. The lowest BCUT2D eigenvalue weighted by Crippen LogP contribution is -2.08. The van der Waals surface area contributed by atoms with Crippen LogP contribution in [0.3, 0.4) is 0 Å². The number of hydrogen-bond acceptors (Lipinski definition) is 3. The van der Waals surface area contributed by atoms with Gasteiger partial charge in [-0.15, -0.1) is 0 Å². The lowest BCUT2D eigenvalue weighted by Gasteiger charge is -2.08. The minimum absolute atomic E-state index is 0.106. The molecule has 3 heterocycles. The summed E-state index contributed by atoms with van der Waals surface area (Å²) in [7, 11) is 0. The molecule has 1 aliphatic heterocycles. The van der Waals surface area contributed by atoms with Crippen molar-refractivity contribution in [3.05, 3.63) is 47.9 Å². The minimum Gasteiger partial charge on any atom is -0.326 e. The molecule has 4 rings (SSSR count). The molecule has 5 nitrogen and oxygen atoms in total. The number of aromatic nitrogens is 3. The molecule has 0 saturated carbocycles. The van der Waals surface area contributed by atoms with Crippen molar-refractivity contribution < 1.29 is 18.0 Å². The van der Waals surface area contributed by atoms with Gasteiger partial charge in [-0.1, -0.05) is 0 Å². The number of pyridine rings is 1. The number of benzene rings is 1. The zero-order valence-corrected chi connectivity index (χ0v) is 11.6. The first-order valence-corrected chi connectivity index (χ1v) is 6.76. The molecule has 1 N–H and O–H groups in total. The van der Waals surface area contributed by atoms with Crippen molar-refractivity contribution in [3.63, 3.8) is 0 Å². The van der Waals surface area contributed by atoms with Gasteiger partial charge in [0.2, 0.25) is 5.91 Å². The Morgan fingerprint density at radius 3 is 2.78 bits per heavy atom. The number of carbonyl (C=O) groups is 1. The number of nitrogens with zero attached hydrogens (tertiary/aromatic N) is 3. The van der Waals surface area contributed by atoms with Crippen molar-refractivity contribution in [3.8, 4) is 5.69 Å². The zero-order valence-electron chi connectivity index (χ0n) is 11.6. The van der Waals surface area contributed by atoms with Gasteiger partial charge < -0.3 is 5.32 Å². The molecule has 0 aliphatic carbocycles. The number of alkyl halides is 3. The highest BCUT2D eigenvalue weighted by atomic mass is 19.4. The number of fused-ring (bicyclic) bond motifs is 2. The number of amides is 1. The average Bonchev–Trinajstić information content (AvgIpc) is 3.06. The van der Waals surface area contributed by atoms with Crippen molar-refractivity contribution in [2.24, 2.45) is 0 Å². The highest BCUT2D eigenvalue weighted by Crippen LogP contribution is 2.30. The summed E-state index contributed by atoms with van der Waals surface area (Å²) in [6, 6.07) is 7.36. The van der Waals surface area contributed by atoms with Gasteiger partial charge in [-0.05, 0) is 35.9 Å². The third kappa shape index (κ3) is 2.23. The van der Waals surface area contributed by atoms with Gasteiger partial charge >= 0.3 is 6.18 Å². The van der Waals surface area contributed by atoms with E-state index in [9.17, 15) is 18.0 Å². The number of carbonyl (C=O) groups excluding carboxylic acids is 1. The molecular weight excluding hydrogens is 309 g/mol. The van der Waals surface area contributed by atoms with Crippen LogP contribution in [0.5, 0.6) is 0 Å². The number of rotatable bonds is 1. The number of nitrogens with one attached hydrogen (secondary N) is 1. The van der Waals surface area contributed by atoms with Crippen LogP contribution in [-0.2, 0) is 17.4 Å². The Labute approximate surface area is 127 Å². The van der Waals surface area contributed by atoms with E-state index in [1.807, 2.05) is 0 Å². The van der Waals surface area contributed by atoms with Gasteiger partial charge in [-0.3, -0.25) is 9.36 Å². The van der Waals surface area contributed by atoms with Crippen molar-refractivity contribution in [2.45, 2.75) is 12.6 Å². The van der Waals surface area contributed by atoms with Crippen molar-refractivity contribution in [2.75, 3.05) is 5.32 Å². The van der Waals surface area contributed by atoms with Gasteiger partial charge in [-0.25, -0.2) is 9.97 Å². The van der Waals surface area contributed by atoms with Crippen molar-refractivity contribution in [1.29, 1.82) is 0 Å². The third-order valence-corrected chi connectivity index (χ3v) is 3.68. The number of anilines is 1. The maximum atomic E-state index is 12.8. The summed E-state index contributed by atoms with van der Waals surface area (Å²) < 4.78 is 40.0. The Morgan fingerprint density at radius 1 is 1.17 bits per heavy atom. The van der Waals surface area contributed by atoms with Crippen LogP contribution in [0.15, 0.2) is 36.7 Å². The molecule has 0 saturated heterocycles. The standard InChI is InChI=1S/C15H9F3N4O/c16-15(17,18)12-4-3-11-14(21-12)22(7-19-11)9-1-2-10-8(5-9)6-13(23)20-10/h1-5,7H,6H2,(H,20,23). The highest BCUT2D eigenvalue weighted by molar-refractivity contribution is 5.99. The fourth-order valence-electron chi connectivity index (χ4n) is 2.61. The number of hydrogen-bond donors (Lipinski definition) is 1. The summed E-state index contributed by atoms with van der Waals surface area (Å²) in [5.74, 6) is -0.106. The topological polar surface area (TPSA) is 59.8 Å². The molecule has 2 aromatic heterocycles. The van der Waals surface area contributed by atoms with Crippen LogP contribution in [0, 0.1) is 0 Å². The van der Waals surface area contributed by atoms with E-state index in [1.54, 1.807) is 18.2 Å². The van der Waals surface area contributed by atoms with E-state index in [2.05, 4.69) is 15.3 Å². The Hall–Kier alpha value is -2.90. The molecule has 1 amide bonds. The molecule has 0 unspecified atom stereocenters. The van der Waals surface area contributed by atoms with Crippen LogP contribution in [0.1, 0.15) is 11.3 Å². The Balaban J connectivity index is 1.86. The first kappa shape index (κ1) is 13.7. The summed E-state index contributed by atoms with van der Waals surface area (Å²) in [5.41, 5.74) is 1.64. The molecule has 1 aliphatic rings. The van der Waals surface area contributed by atoms with E-state index in [-0.39, 0.29) is 18.0 Å². The molecule has 116 valence electrons. The second-order valence-corrected chi connectivity index (χ2v) is 5.22. The zero-order chi connectivity index (χ0) is 16.2. The van der Waals surface area contributed by atoms with Crippen LogP contribution in [-0.4, -0.2) is 20.4 Å². The van der Waals surface area contributed by atoms with E-state index in [0.29, 0.717) is 16.9 Å². The van der Waals surface area contributed by atoms with Gasteiger partial charge in [0.25, 0.3) is 0 Å². The average molecular weight is 318 g/mol. The fourth-order valence-corrected chi connectivity index (χ4v) is 2.61. The van der Waals surface area contributed by atoms with Crippen LogP contribution in [0.25, 0.3) is 16.9 Å². The second-order valence-electron chi connectivity index (χ2n) is 5.22. The predicted octanol–water partition coefficient (Wildman–Crippen LogP) is 2.93. The molecule has 0 bridgehead atoms. The SMILES string of the molecule is O=C1Cc2cc(-n3cnc4ccc(C(F)(F)F)nc43)ccc2N1. The maximum absolute atomic E-state index is 12.8. The van der Waals surface area contributed by atoms with E-state index in [4.69, 9.17) is 0 Å². The molecule has 1 aromatic carbocycles. The quantitative estimate of drug-likeness (QED) is 0.750. The molecule has 0 spiro atoms. The van der Waals surface area contributed by atoms with Gasteiger partial charge in [0.15, 0.2) is 5.65 Å². The van der Waals surface area contributed by atoms with Gasteiger partial charge in [0.05, 0.1) is 6.42 Å². The molecular formula is C15H9F3N4O. The van der Waals surface area contributed by atoms with Gasteiger partial charge in [-0.2, -0.15) is 13.2 Å². The predicted molar refractivity (Wildman–Crippen MR) is 76.2 cm³/mol. The molecule has 3 aromatic rings. The normalized spacial score (nSPS) is 14.1. The summed E-state index contributed by atoms with van der Waals surface area (Å²) in [4.78, 5) is 19.2. The first-order chi connectivity index (χ1) is 10.9. The van der Waals surface area contributed by atoms with Gasteiger partial charge in [0.1, 0.15) is 17.5 Å². The van der Waals surface area contributed by atoms with Crippen LogP contribution in [0.4, 0.5) is 18.9 Å². The first-order valence-electron chi connectivity index (χ1n) is 6.76. The summed E-state index contributed by atoms with van der Waals surface area (Å²) in [6.07, 6.45) is -2.85. The fraction of sp³-hybridized carbons (Fsp3) is 0.133. The minimum atomic E-state index is -4.52. The molecule has 0 atom stereocenters. The Bertz CT molecular complexity index is 946. The smallest absolute Gasteiger partial charge is 0.326 e. The Morgan fingerprint density at radius 2 is 2.00 bits per heavy atom. The van der Waals surface area contributed by atoms with Crippen LogP contribution < -0.4 is 5.32 Å². The van der Waals surface area contributed by atoms with Crippen LogP contribution in [0.2, 0.25) is 0 Å². The van der Waals surface area contributed by atoms with Crippen molar-refractivity contribution in [1.82, 2.24) is 14.5 Å². The monoisotopic (exact) mass is 318 g/mol. The Kier molecular flexibility index (Phi) is 2.72. The number of imidazole rings is 1. The highest BCUT2D eigenvalue weighted by Gasteiger charge is 2.33. The number of halogens is 3. The van der Waals surface area contributed by atoms with Crippen LogP contribution >= 0.6 is 0 Å². The van der Waals surface area contributed by atoms with E-state index >= 15 is 0 Å². The summed E-state index contributed by atoms with van der Waals surface area (Å²) in [6.45, 7) is 0. The molecule has 0 fully saturated rings. The van der Waals surface area contributed by atoms with E-state index in [1.165, 1.54) is 17.0 Å². The molecule has 0 radical (unpaired) electrons. The summed E-state index contributed by atoms with van der Waals surface area (Å²) in [5, 5.41) is 2.71. The second kappa shape index (κ2) is 4.55. The maximum Gasteiger partial charge on any atom is 0.433 e. The lowest BCUT2D eigenvalue weighted by atomic mass is 10.1. The molecule has 8 heteroatoms. The third-order valence-electron chi connectivity index (χ3n) is 3.68. The molecule has 23 heavy (non-hydrogen) atoms. The van der Waals surface area contributed by atoms with E-state index < -0.39 is 11.9 Å². The van der Waals surface area contributed by atoms with Gasteiger partial charge in [0, 0.05) is 11.4 Å². The van der Waals surface area contributed by atoms with E-state index in [0.717, 1.165) is 11.6 Å². The van der Waals surface area contributed by atoms with Crippen molar-refractivity contribution >= 4 is 22.8 Å². The summed E-state index contributed by atoms with van der Waals surface area (Å²) >= 11 is 0. The lowest BCUT2D eigenvalue weighted by molar-refractivity contribution is -0.141.